The van der Waals surface area contributed by atoms with Gasteiger partial charge in [-0.2, -0.15) is 0 Å². The van der Waals surface area contributed by atoms with E-state index in [0.717, 1.165) is 12.8 Å². The zero-order chi connectivity index (χ0) is 13.1. The van der Waals surface area contributed by atoms with Crippen LogP contribution in [0.25, 0.3) is 0 Å². The summed E-state index contributed by atoms with van der Waals surface area (Å²) in [4.78, 5) is 13.9. The summed E-state index contributed by atoms with van der Waals surface area (Å²) in [5.41, 5.74) is 5.78. The second kappa shape index (κ2) is 5.27. The molecule has 1 aromatic carbocycles. The summed E-state index contributed by atoms with van der Waals surface area (Å²) in [6.07, 6.45) is 1.96. The van der Waals surface area contributed by atoms with Crippen molar-refractivity contribution < 1.29 is 15.0 Å². The van der Waals surface area contributed by atoms with Gasteiger partial charge in [-0.1, -0.05) is 6.07 Å². The van der Waals surface area contributed by atoms with Gasteiger partial charge >= 0.3 is 0 Å². The molecule has 5 nitrogen and oxygen atoms in total. The van der Waals surface area contributed by atoms with E-state index in [4.69, 9.17) is 5.73 Å². The predicted octanol–water partition coefficient (Wildman–Crippen LogP) is 0.909. The number of rotatable bonds is 2. The molecule has 1 amide bonds. The Morgan fingerprint density at radius 1 is 1.44 bits per heavy atom. The normalized spacial score (nSPS) is 19.8. The van der Waals surface area contributed by atoms with E-state index in [1.54, 1.807) is 11.0 Å². The Labute approximate surface area is 106 Å². The van der Waals surface area contributed by atoms with Gasteiger partial charge in [0.05, 0.1) is 5.56 Å². The van der Waals surface area contributed by atoms with Crippen molar-refractivity contribution in [2.45, 2.75) is 12.8 Å². The van der Waals surface area contributed by atoms with Crippen LogP contribution in [0.1, 0.15) is 23.2 Å². The lowest BCUT2D eigenvalue weighted by Gasteiger charge is -2.32. The van der Waals surface area contributed by atoms with Crippen molar-refractivity contribution in [2.24, 2.45) is 11.7 Å². The van der Waals surface area contributed by atoms with Gasteiger partial charge in [-0.3, -0.25) is 4.79 Å². The largest absolute Gasteiger partial charge is 0.504 e. The number of aromatic hydroxyl groups is 2. The van der Waals surface area contributed by atoms with E-state index in [9.17, 15) is 15.0 Å². The number of phenolic OH excluding ortho intramolecular Hbond substituents is 2. The van der Waals surface area contributed by atoms with Crippen LogP contribution >= 0.6 is 0 Å². The van der Waals surface area contributed by atoms with Crippen LogP contribution in [0, 0.1) is 5.92 Å². The van der Waals surface area contributed by atoms with E-state index in [1.807, 2.05) is 0 Å². The molecular formula is C13H18N2O3. The number of carbonyl (C=O) groups excluding carboxylic acids is 1. The van der Waals surface area contributed by atoms with Crippen LogP contribution in [0.5, 0.6) is 11.5 Å². The summed E-state index contributed by atoms with van der Waals surface area (Å²) in [6.45, 7) is 1.85. The van der Waals surface area contributed by atoms with E-state index in [1.165, 1.54) is 12.1 Å². The molecule has 0 saturated carbocycles. The molecule has 0 aromatic heterocycles. The maximum absolute atomic E-state index is 12.2. The second-order valence-corrected chi connectivity index (χ2v) is 4.67. The van der Waals surface area contributed by atoms with Crippen molar-refractivity contribution >= 4 is 5.91 Å². The lowest BCUT2D eigenvalue weighted by atomic mass is 9.97. The van der Waals surface area contributed by atoms with Gasteiger partial charge in [0.2, 0.25) is 0 Å². The minimum absolute atomic E-state index is 0.146. The molecule has 98 valence electrons. The molecule has 5 heteroatoms. The molecule has 1 atom stereocenters. The lowest BCUT2D eigenvalue weighted by molar-refractivity contribution is 0.0674. The number of nitrogens with zero attached hydrogens (tertiary/aromatic N) is 1. The lowest BCUT2D eigenvalue weighted by Crippen LogP contribution is -2.42. The highest BCUT2D eigenvalue weighted by Crippen LogP contribution is 2.30. The Morgan fingerprint density at radius 3 is 2.94 bits per heavy atom. The van der Waals surface area contributed by atoms with Crippen molar-refractivity contribution in [3.8, 4) is 11.5 Å². The fourth-order valence-corrected chi connectivity index (χ4v) is 2.32. The van der Waals surface area contributed by atoms with Crippen molar-refractivity contribution in [1.82, 2.24) is 4.90 Å². The fraction of sp³-hybridized carbons (Fsp3) is 0.462. The molecule has 0 spiro atoms. The molecule has 0 aliphatic carbocycles. The second-order valence-electron chi connectivity index (χ2n) is 4.67. The Kier molecular flexibility index (Phi) is 3.72. The number of amides is 1. The van der Waals surface area contributed by atoms with Gasteiger partial charge in [0.25, 0.3) is 5.91 Å². The summed E-state index contributed by atoms with van der Waals surface area (Å²) in [5, 5.41) is 19.1. The van der Waals surface area contributed by atoms with E-state index < -0.39 is 0 Å². The SMILES string of the molecule is NCC1CCCN(C(=O)c2cccc(O)c2O)C1. The molecule has 1 saturated heterocycles. The molecule has 1 aromatic rings. The molecule has 1 heterocycles. The van der Waals surface area contributed by atoms with Crippen molar-refractivity contribution in [3.05, 3.63) is 23.8 Å². The Morgan fingerprint density at radius 2 is 2.22 bits per heavy atom. The van der Waals surface area contributed by atoms with Crippen molar-refractivity contribution in [1.29, 1.82) is 0 Å². The maximum Gasteiger partial charge on any atom is 0.257 e. The van der Waals surface area contributed by atoms with Crippen LogP contribution in [0.2, 0.25) is 0 Å². The number of nitrogens with two attached hydrogens (primary N) is 1. The van der Waals surface area contributed by atoms with Gasteiger partial charge in [0.15, 0.2) is 11.5 Å². The smallest absolute Gasteiger partial charge is 0.257 e. The summed E-state index contributed by atoms with van der Waals surface area (Å²) in [5.74, 6) is -0.547. The number of likely N-dealkylation sites (tertiary alicyclic amines) is 1. The summed E-state index contributed by atoms with van der Waals surface area (Å²) < 4.78 is 0. The minimum atomic E-state index is -0.350. The first kappa shape index (κ1) is 12.7. The zero-order valence-electron chi connectivity index (χ0n) is 10.2. The first-order chi connectivity index (χ1) is 8.63. The van der Waals surface area contributed by atoms with Crippen LogP contribution in [0.15, 0.2) is 18.2 Å². The van der Waals surface area contributed by atoms with Crippen molar-refractivity contribution in [2.75, 3.05) is 19.6 Å². The Bertz CT molecular complexity index is 448. The van der Waals surface area contributed by atoms with Gasteiger partial charge in [-0.15, -0.1) is 0 Å². The molecule has 2 rings (SSSR count). The topological polar surface area (TPSA) is 86.8 Å². The van der Waals surface area contributed by atoms with E-state index in [-0.39, 0.29) is 23.0 Å². The summed E-state index contributed by atoms with van der Waals surface area (Å²) in [6, 6.07) is 4.42. The highest BCUT2D eigenvalue weighted by atomic mass is 16.3. The highest BCUT2D eigenvalue weighted by molar-refractivity contribution is 5.97. The third kappa shape index (κ3) is 2.41. The average Bonchev–Trinajstić information content (AvgIpc) is 2.41. The zero-order valence-corrected chi connectivity index (χ0v) is 10.2. The highest BCUT2D eigenvalue weighted by Gasteiger charge is 2.25. The average molecular weight is 250 g/mol. The number of hydrogen-bond acceptors (Lipinski definition) is 4. The number of piperidine rings is 1. The fourth-order valence-electron chi connectivity index (χ4n) is 2.32. The summed E-state index contributed by atoms with van der Waals surface area (Å²) in [7, 11) is 0. The van der Waals surface area contributed by atoms with Crippen LogP contribution in [0.4, 0.5) is 0 Å². The minimum Gasteiger partial charge on any atom is -0.504 e. The van der Waals surface area contributed by atoms with E-state index in [0.29, 0.717) is 25.6 Å². The number of para-hydroxylation sites is 1. The molecule has 0 radical (unpaired) electrons. The Balaban J connectivity index is 2.18. The van der Waals surface area contributed by atoms with E-state index >= 15 is 0 Å². The van der Waals surface area contributed by atoms with Crippen LogP contribution in [-0.2, 0) is 0 Å². The quantitative estimate of drug-likeness (QED) is 0.681. The molecule has 4 N–H and O–H groups in total. The van der Waals surface area contributed by atoms with Crippen LogP contribution in [-0.4, -0.2) is 40.7 Å². The molecule has 1 unspecified atom stereocenters. The molecule has 0 bridgehead atoms. The third-order valence-electron chi connectivity index (χ3n) is 3.38. The van der Waals surface area contributed by atoms with Crippen LogP contribution in [0.3, 0.4) is 0 Å². The first-order valence-corrected chi connectivity index (χ1v) is 6.13. The number of carbonyl (C=O) groups is 1. The predicted molar refractivity (Wildman–Crippen MR) is 67.5 cm³/mol. The molecule has 18 heavy (non-hydrogen) atoms. The standard InChI is InChI=1S/C13H18N2O3/c14-7-9-3-2-6-15(8-9)13(18)10-4-1-5-11(16)12(10)17/h1,4-5,9,16-17H,2-3,6-8,14H2. The van der Waals surface area contributed by atoms with Crippen LogP contribution < -0.4 is 5.73 Å². The molecular weight excluding hydrogens is 232 g/mol. The third-order valence-corrected chi connectivity index (χ3v) is 3.38. The van der Waals surface area contributed by atoms with Gasteiger partial charge < -0.3 is 20.8 Å². The monoisotopic (exact) mass is 250 g/mol. The van der Waals surface area contributed by atoms with Gasteiger partial charge in [0.1, 0.15) is 0 Å². The summed E-state index contributed by atoms with van der Waals surface area (Å²) >= 11 is 0. The number of benzene rings is 1. The Hall–Kier alpha value is -1.75. The van der Waals surface area contributed by atoms with E-state index in [2.05, 4.69) is 0 Å². The number of phenols is 2. The van der Waals surface area contributed by atoms with Gasteiger partial charge in [-0.25, -0.2) is 0 Å². The van der Waals surface area contributed by atoms with Gasteiger partial charge in [-0.05, 0) is 37.4 Å². The number of hydrogen-bond donors (Lipinski definition) is 3. The van der Waals surface area contributed by atoms with Gasteiger partial charge in [0, 0.05) is 13.1 Å². The first-order valence-electron chi connectivity index (χ1n) is 6.13. The maximum atomic E-state index is 12.2. The van der Waals surface area contributed by atoms with Crippen molar-refractivity contribution in [3.63, 3.8) is 0 Å². The molecule has 1 aliphatic heterocycles. The molecule has 1 fully saturated rings. The molecule has 1 aliphatic rings.